The molecule has 0 fully saturated rings. The highest BCUT2D eigenvalue weighted by Gasteiger charge is 2.02. The third kappa shape index (κ3) is 4.49. The predicted octanol–water partition coefficient (Wildman–Crippen LogP) is 2.77. The highest BCUT2D eigenvalue weighted by molar-refractivity contribution is 5.93. The van der Waals surface area contributed by atoms with Crippen molar-refractivity contribution in [2.24, 2.45) is 10.7 Å². The normalized spacial score (nSPS) is 11.3. The van der Waals surface area contributed by atoms with Crippen LogP contribution in [0.5, 0.6) is 5.75 Å². The van der Waals surface area contributed by atoms with Gasteiger partial charge in [-0.25, -0.2) is 4.99 Å². The Bertz CT molecular complexity index is 641. The number of ether oxygens (including phenoxy) is 2. The van der Waals surface area contributed by atoms with Crippen LogP contribution in [0.25, 0.3) is 0 Å². The molecule has 2 rings (SSSR count). The SMILES string of the molecule is COCc1cccc(CN=C(N)Nc2ccccc2OC)c1. The molecule has 0 saturated heterocycles. The maximum atomic E-state index is 5.93. The second-order valence-electron chi connectivity index (χ2n) is 4.78. The average molecular weight is 299 g/mol. The maximum absolute atomic E-state index is 5.93. The quantitative estimate of drug-likeness (QED) is 0.635. The number of nitrogens with one attached hydrogen (secondary N) is 1. The number of nitrogens with zero attached hydrogens (tertiary/aromatic N) is 1. The average Bonchev–Trinajstić information content (AvgIpc) is 2.54. The van der Waals surface area contributed by atoms with Crippen LogP contribution >= 0.6 is 0 Å². The maximum Gasteiger partial charge on any atom is 0.193 e. The number of hydrogen-bond donors (Lipinski definition) is 2. The van der Waals surface area contributed by atoms with Gasteiger partial charge in [0.05, 0.1) is 25.9 Å². The number of hydrogen-bond acceptors (Lipinski definition) is 3. The number of guanidine groups is 1. The molecule has 0 unspecified atom stereocenters. The lowest BCUT2D eigenvalue weighted by atomic mass is 10.1. The van der Waals surface area contributed by atoms with E-state index < -0.39 is 0 Å². The van der Waals surface area contributed by atoms with E-state index in [0.29, 0.717) is 19.1 Å². The third-order valence-corrected chi connectivity index (χ3v) is 3.10. The number of anilines is 1. The Balaban J connectivity index is 2.02. The lowest BCUT2D eigenvalue weighted by Gasteiger charge is -2.10. The van der Waals surface area contributed by atoms with Gasteiger partial charge < -0.3 is 20.5 Å². The van der Waals surface area contributed by atoms with E-state index in [0.717, 1.165) is 22.6 Å². The fourth-order valence-corrected chi connectivity index (χ4v) is 2.09. The molecule has 0 radical (unpaired) electrons. The summed E-state index contributed by atoms with van der Waals surface area (Å²) in [5.74, 6) is 1.07. The minimum atomic E-state index is 0.349. The van der Waals surface area contributed by atoms with Crippen molar-refractivity contribution in [3.8, 4) is 5.75 Å². The topological polar surface area (TPSA) is 68.9 Å². The summed E-state index contributed by atoms with van der Waals surface area (Å²) in [6.07, 6.45) is 0. The van der Waals surface area contributed by atoms with Gasteiger partial charge in [-0.3, -0.25) is 0 Å². The molecule has 5 nitrogen and oxygen atoms in total. The molecule has 0 aliphatic heterocycles. The standard InChI is InChI=1S/C17H21N3O2/c1-21-12-14-7-5-6-13(10-14)11-19-17(18)20-15-8-3-4-9-16(15)22-2/h3-10H,11-12H2,1-2H3,(H3,18,19,20). The first-order valence-electron chi connectivity index (χ1n) is 6.99. The second kappa shape index (κ2) is 8.05. The first kappa shape index (κ1) is 15.9. The Morgan fingerprint density at radius 2 is 1.86 bits per heavy atom. The van der Waals surface area contributed by atoms with Crippen LogP contribution in [0, 0.1) is 0 Å². The predicted molar refractivity (Wildman–Crippen MR) is 89.1 cm³/mol. The van der Waals surface area contributed by atoms with Crippen LogP contribution in [0.4, 0.5) is 5.69 Å². The summed E-state index contributed by atoms with van der Waals surface area (Å²) in [6, 6.07) is 15.6. The zero-order valence-corrected chi connectivity index (χ0v) is 12.9. The summed E-state index contributed by atoms with van der Waals surface area (Å²) >= 11 is 0. The molecule has 3 N–H and O–H groups in total. The lowest BCUT2D eigenvalue weighted by molar-refractivity contribution is 0.185. The minimum Gasteiger partial charge on any atom is -0.495 e. The molecule has 0 amide bonds. The van der Waals surface area contributed by atoms with Gasteiger partial charge in [-0.1, -0.05) is 36.4 Å². The molecule has 22 heavy (non-hydrogen) atoms. The van der Waals surface area contributed by atoms with Gasteiger partial charge in [-0.15, -0.1) is 0 Å². The van der Waals surface area contributed by atoms with E-state index in [4.69, 9.17) is 15.2 Å². The van der Waals surface area contributed by atoms with Gasteiger partial charge in [0.15, 0.2) is 5.96 Å². The van der Waals surface area contributed by atoms with Crippen LogP contribution in [0.15, 0.2) is 53.5 Å². The van der Waals surface area contributed by atoms with E-state index >= 15 is 0 Å². The third-order valence-electron chi connectivity index (χ3n) is 3.10. The van der Waals surface area contributed by atoms with E-state index in [1.165, 1.54) is 0 Å². The summed E-state index contributed by atoms with van der Waals surface area (Å²) in [5, 5.41) is 3.05. The number of nitrogens with two attached hydrogens (primary N) is 1. The van der Waals surface area contributed by atoms with Gasteiger partial charge in [0, 0.05) is 7.11 Å². The second-order valence-corrected chi connectivity index (χ2v) is 4.78. The highest BCUT2D eigenvalue weighted by Crippen LogP contribution is 2.22. The van der Waals surface area contributed by atoms with Crippen molar-refractivity contribution < 1.29 is 9.47 Å². The lowest BCUT2D eigenvalue weighted by Crippen LogP contribution is -2.22. The van der Waals surface area contributed by atoms with E-state index in [2.05, 4.69) is 16.4 Å². The number of benzene rings is 2. The molecule has 0 aromatic heterocycles. The molecular weight excluding hydrogens is 278 g/mol. The molecule has 116 valence electrons. The molecule has 0 spiro atoms. The number of aliphatic imine (C=N–C) groups is 1. The van der Waals surface area contributed by atoms with Crippen LogP contribution in [0.2, 0.25) is 0 Å². The van der Waals surface area contributed by atoms with Crippen molar-refractivity contribution in [1.29, 1.82) is 0 Å². The largest absolute Gasteiger partial charge is 0.495 e. The molecule has 0 bridgehead atoms. The number of para-hydroxylation sites is 2. The van der Waals surface area contributed by atoms with Crippen LogP contribution in [-0.2, 0) is 17.9 Å². The van der Waals surface area contributed by atoms with Gasteiger partial charge in [0.2, 0.25) is 0 Å². The summed E-state index contributed by atoms with van der Waals surface area (Å²) in [7, 11) is 3.30. The van der Waals surface area contributed by atoms with Crippen molar-refractivity contribution >= 4 is 11.6 Å². The van der Waals surface area contributed by atoms with E-state index in [1.807, 2.05) is 42.5 Å². The van der Waals surface area contributed by atoms with Crippen molar-refractivity contribution in [3.05, 3.63) is 59.7 Å². The molecule has 0 heterocycles. The summed E-state index contributed by atoms with van der Waals surface area (Å²) in [5.41, 5.74) is 8.92. The number of methoxy groups -OCH3 is 2. The fraction of sp³-hybridized carbons (Fsp3) is 0.235. The minimum absolute atomic E-state index is 0.349. The van der Waals surface area contributed by atoms with Crippen molar-refractivity contribution in [2.75, 3.05) is 19.5 Å². The molecule has 5 heteroatoms. The zero-order valence-electron chi connectivity index (χ0n) is 12.9. The van der Waals surface area contributed by atoms with Gasteiger partial charge in [-0.05, 0) is 23.3 Å². The van der Waals surface area contributed by atoms with E-state index in [1.54, 1.807) is 14.2 Å². The van der Waals surface area contributed by atoms with Crippen LogP contribution in [0.1, 0.15) is 11.1 Å². The van der Waals surface area contributed by atoms with Crippen LogP contribution in [-0.4, -0.2) is 20.2 Å². The van der Waals surface area contributed by atoms with Crippen molar-refractivity contribution in [1.82, 2.24) is 0 Å². The first-order valence-corrected chi connectivity index (χ1v) is 6.99. The Hall–Kier alpha value is -2.53. The van der Waals surface area contributed by atoms with Gasteiger partial charge >= 0.3 is 0 Å². The molecule has 0 aliphatic carbocycles. The van der Waals surface area contributed by atoms with Crippen molar-refractivity contribution in [3.63, 3.8) is 0 Å². The number of rotatable bonds is 6. The smallest absolute Gasteiger partial charge is 0.193 e. The zero-order chi connectivity index (χ0) is 15.8. The highest BCUT2D eigenvalue weighted by atomic mass is 16.5. The van der Waals surface area contributed by atoms with Gasteiger partial charge in [-0.2, -0.15) is 0 Å². The van der Waals surface area contributed by atoms with E-state index in [9.17, 15) is 0 Å². The Kier molecular flexibility index (Phi) is 5.80. The Morgan fingerprint density at radius 3 is 2.64 bits per heavy atom. The summed E-state index contributed by atoms with van der Waals surface area (Å²) in [6.45, 7) is 1.10. The molecule has 0 saturated carbocycles. The van der Waals surface area contributed by atoms with Crippen LogP contribution < -0.4 is 15.8 Å². The molecular formula is C17H21N3O2. The molecule has 2 aromatic rings. The summed E-state index contributed by atoms with van der Waals surface area (Å²) < 4.78 is 10.4. The van der Waals surface area contributed by atoms with Crippen LogP contribution in [0.3, 0.4) is 0 Å². The Labute approximate surface area is 130 Å². The van der Waals surface area contributed by atoms with Gasteiger partial charge in [0.25, 0.3) is 0 Å². The van der Waals surface area contributed by atoms with Crippen molar-refractivity contribution in [2.45, 2.75) is 13.2 Å². The van der Waals surface area contributed by atoms with E-state index in [-0.39, 0.29) is 0 Å². The van der Waals surface area contributed by atoms with Gasteiger partial charge in [0.1, 0.15) is 5.75 Å². The molecule has 0 atom stereocenters. The molecule has 2 aromatic carbocycles. The summed E-state index contributed by atoms with van der Waals surface area (Å²) in [4.78, 5) is 4.35. The first-order chi connectivity index (χ1) is 10.7. The molecule has 0 aliphatic rings. The Morgan fingerprint density at radius 1 is 1.09 bits per heavy atom. The monoisotopic (exact) mass is 299 g/mol. The fourth-order valence-electron chi connectivity index (χ4n) is 2.09.